The summed E-state index contributed by atoms with van der Waals surface area (Å²) in [4.78, 5) is 44.3. The van der Waals surface area contributed by atoms with E-state index in [1.807, 2.05) is 0 Å². The van der Waals surface area contributed by atoms with E-state index in [0.29, 0.717) is 0 Å². The van der Waals surface area contributed by atoms with Gasteiger partial charge in [0.1, 0.15) is 0 Å². The lowest BCUT2D eigenvalue weighted by Gasteiger charge is -2.18. The lowest BCUT2D eigenvalue weighted by Crippen LogP contribution is -2.39. The largest absolute Gasteiger partial charge is 0.292 e. The maximum absolute atomic E-state index is 12.1. The highest BCUT2D eigenvalue weighted by atomic mass is 35.5. The number of nitro benzene ring substituents is 1. The molecule has 0 atom stereocenters. The predicted molar refractivity (Wildman–Crippen MR) is 67.3 cm³/mol. The molecule has 8 heteroatoms. The summed E-state index contributed by atoms with van der Waals surface area (Å²) in [5, 5.41) is 8.04. The van der Waals surface area contributed by atoms with E-state index < -0.39 is 26.6 Å². The van der Waals surface area contributed by atoms with E-state index in [9.17, 15) is 24.5 Å². The van der Waals surface area contributed by atoms with Crippen LogP contribution < -0.4 is 0 Å². The number of carbonyl (C=O) groups is 3. The molecule has 0 aliphatic heterocycles. The first kappa shape index (κ1) is 15.3. The van der Waals surface area contributed by atoms with Gasteiger partial charge >= 0.3 is 0 Å². The predicted octanol–water partition coefficient (Wildman–Crippen LogP) is 2.31. The molecule has 100 valence electrons. The Kier molecular flexibility index (Phi) is 4.39. The summed E-state index contributed by atoms with van der Waals surface area (Å²) in [6, 6.07) is 4.40. The minimum atomic E-state index is -2.21. The van der Waals surface area contributed by atoms with Crippen LogP contribution in [0, 0.1) is 15.5 Å². The Morgan fingerprint density at radius 1 is 1.11 bits per heavy atom. The summed E-state index contributed by atoms with van der Waals surface area (Å²) in [6.07, 6.45) is 0. The second-order valence-electron chi connectivity index (χ2n) is 3.81. The molecule has 6 nitrogen and oxygen atoms in total. The summed E-state index contributed by atoms with van der Waals surface area (Å²) in [7, 11) is 0. The molecule has 0 amide bonds. The third-order valence-electron chi connectivity index (χ3n) is 2.58. The van der Waals surface area contributed by atoms with E-state index in [1.54, 1.807) is 0 Å². The van der Waals surface area contributed by atoms with Crippen molar-refractivity contribution in [2.75, 3.05) is 0 Å². The van der Waals surface area contributed by atoms with Crippen molar-refractivity contribution in [1.82, 2.24) is 0 Å². The number of rotatable bonds is 5. The molecule has 0 bridgehead atoms. The minimum Gasteiger partial charge on any atom is -0.292 e. The average Bonchev–Trinajstić information content (AvgIpc) is 2.36. The van der Waals surface area contributed by atoms with Crippen LogP contribution in [0.15, 0.2) is 24.3 Å². The van der Waals surface area contributed by atoms with Gasteiger partial charge in [-0.05, 0) is 42.3 Å². The number of non-ortho nitro benzene ring substituents is 1. The lowest BCUT2D eigenvalue weighted by molar-refractivity contribution is -0.384. The number of hydrogen-bond donors (Lipinski definition) is 0. The van der Waals surface area contributed by atoms with Crippen LogP contribution in [0.2, 0.25) is 0 Å². The zero-order valence-corrected chi connectivity index (χ0v) is 11.1. The average molecular weight is 304 g/mol. The van der Waals surface area contributed by atoms with Gasteiger partial charge in [0.25, 0.3) is 5.69 Å². The maximum Gasteiger partial charge on any atom is 0.269 e. The number of nitro groups is 1. The minimum absolute atomic E-state index is 0.0731. The van der Waals surface area contributed by atoms with E-state index >= 15 is 0 Å². The number of nitrogens with zero attached hydrogens (tertiary/aromatic N) is 1. The van der Waals surface area contributed by atoms with Gasteiger partial charge in [0.2, 0.25) is 10.5 Å². The molecule has 1 aromatic rings. The van der Waals surface area contributed by atoms with Crippen molar-refractivity contribution in [2.45, 2.75) is 6.92 Å². The van der Waals surface area contributed by atoms with Crippen molar-refractivity contribution in [3.05, 3.63) is 39.9 Å². The fourth-order valence-corrected chi connectivity index (χ4v) is 1.67. The third-order valence-corrected chi connectivity index (χ3v) is 3.34. The molecule has 0 spiro atoms. The highest BCUT2D eigenvalue weighted by Gasteiger charge is 2.46. The molecule has 1 rings (SSSR count). The number of benzene rings is 1. The summed E-state index contributed by atoms with van der Waals surface area (Å²) in [5.74, 6) is -0.914. The molecule has 0 fully saturated rings. The zero-order chi connectivity index (χ0) is 14.8. The van der Waals surface area contributed by atoms with Gasteiger partial charge in [-0.1, -0.05) is 0 Å². The highest BCUT2D eigenvalue weighted by molar-refractivity contribution is 6.77. The van der Waals surface area contributed by atoms with Gasteiger partial charge in [-0.25, -0.2) is 0 Å². The summed E-state index contributed by atoms with van der Waals surface area (Å²) in [6.45, 7) is 1.00. The monoisotopic (exact) mass is 303 g/mol. The van der Waals surface area contributed by atoms with E-state index in [0.717, 1.165) is 31.2 Å². The smallest absolute Gasteiger partial charge is 0.269 e. The topological polar surface area (TPSA) is 94.3 Å². The van der Waals surface area contributed by atoms with Crippen molar-refractivity contribution in [3.63, 3.8) is 0 Å². The second-order valence-corrected chi connectivity index (χ2v) is 4.49. The number of ketones is 1. The number of carbonyl (C=O) groups excluding carboxylic acids is 3. The van der Waals surface area contributed by atoms with E-state index in [1.165, 1.54) is 0 Å². The van der Waals surface area contributed by atoms with E-state index in [4.69, 9.17) is 23.2 Å². The number of halogens is 2. The van der Waals surface area contributed by atoms with Gasteiger partial charge in [-0.15, -0.1) is 0 Å². The Bertz CT molecular complexity index is 553. The molecule has 0 saturated heterocycles. The van der Waals surface area contributed by atoms with Gasteiger partial charge in [0, 0.05) is 17.7 Å². The van der Waals surface area contributed by atoms with Gasteiger partial charge in [0.15, 0.2) is 11.2 Å². The molecule has 19 heavy (non-hydrogen) atoms. The lowest BCUT2D eigenvalue weighted by atomic mass is 9.84. The van der Waals surface area contributed by atoms with Crippen molar-refractivity contribution in [1.29, 1.82) is 0 Å². The molecule has 1 aromatic carbocycles. The first-order valence-electron chi connectivity index (χ1n) is 4.90. The second kappa shape index (κ2) is 5.46. The van der Waals surface area contributed by atoms with Crippen LogP contribution in [0.3, 0.4) is 0 Å². The first-order chi connectivity index (χ1) is 8.71. The van der Waals surface area contributed by atoms with E-state index in [-0.39, 0.29) is 11.3 Å². The number of hydrogen-bond acceptors (Lipinski definition) is 5. The quantitative estimate of drug-likeness (QED) is 0.273. The molecule has 0 N–H and O–H groups in total. The van der Waals surface area contributed by atoms with Gasteiger partial charge < -0.3 is 0 Å². The van der Waals surface area contributed by atoms with Crippen molar-refractivity contribution in [3.8, 4) is 0 Å². The molecule has 0 saturated carbocycles. The van der Waals surface area contributed by atoms with Crippen molar-refractivity contribution < 1.29 is 19.3 Å². The Hall–Kier alpha value is -1.79. The van der Waals surface area contributed by atoms with Crippen LogP contribution in [-0.4, -0.2) is 21.2 Å². The van der Waals surface area contributed by atoms with Crippen molar-refractivity contribution in [2.24, 2.45) is 5.41 Å². The van der Waals surface area contributed by atoms with Crippen LogP contribution in [-0.2, 0) is 9.59 Å². The SMILES string of the molecule is CC(C(=O)Cl)(C(=O)Cl)C(=O)c1ccc([N+](=O)[O-])cc1. The Balaban J connectivity index is 3.22. The molecule has 0 unspecified atom stereocenters. The van der Waals surface area contributed by atoms with Crippen LogP contribution >= 0.6 is 23.2 Å². The summed E-state index contributed by atoms with van der Waals surface area (Å²) in [5.41, 5.74) is -2.51. The Morgan fingerprint density at radius 3 is 1.84 bits per heavy atom. The van der Waals surface area contributed by atoms with Crippen LogP contribution in [0.1, 0.15) is 17.3 Å². The van der Waals surface area contributed by atoms with Gasteiger partial charge in [-0.3, -0.25) is 24.5 Å². The molecular weight excluding hydrogens is 297 g/mol. The summed E-state index contributed by atoms with van der Waals surface area (Å²) < 4.78 is 0. The molecule has 0 aliphatic carbocycles. The standard InChI is InChI=1S/C11H7Cl2NO5/c1-11(9(12)16,10(13)17)8(15)6-2-4-7(5-3-6)14(18)19/h2-5H,1H3. The van der Waals surface area contributed by atoms with Crippen molar-refractivity contribution >= 4 is 45.2 Å². The highest BCUT2D eigenvalue weighted by Crippen LogP contribution is 2.29. The van der Waals surface area contributed by atoms with Gasteiger partial charge in [0.05, 0.1) is 4.92 Å². The first-order valence-corrected chi connectivity index (χ1v) is 5.66. The fraction of sp³-hybridized carbons (Fsp3) is 0.182. The van der Waals surface area contributed by atoms with Crippen LogP contribution in [0.25, 0.3) is 0 Å². The third kappa shape index (κ3) is 2.80. The van der Waals surface area contributed by atoms with Crippen LogP contribution in [0.5, 0.6) is 0 Å². The zero-order valence-electron chi connectivity index (χ0n) is 9.55. The molecule has 0 heterocycles. The van der Waals surface area contributed by atoms with Crippen LogP contribution in [0.4, 0.5) is 5.69 Å². The summed E-state index contributed by atoms with van der Waals surface area (Å²) >= 11 is 10.5. The molecule has 0 aliphatic rings. The normalized spacial score (nSPS) is 10.9. The van der Waals surface area contributed by atoms with E-state index in [2.05, 4.69) is 0 Å². The van der Waals surface area contributed by atoms with Gasteiger partial charge in [-0.2, -0.15) is 0 Å². The molecule has 0 radical (unpaired) electrons. The maximum atomic E-state index is 12.1. The fourth-order valence-electron chi connectivity index (χ4n) is 1.28. The Morgan fingerprint density at radius 2 is 1.53 bits per heavy atom. The molecular formula is C11H7Cl2NO5. The Labute approximate surface area is 117 Å². The number of Topliss-reactive ketones (excluding diaryl/α,β-unsaturated/α-hetero) is 1. The molecule has 0 aromatic heterocycles.